The molecule has 1 aliphatic rings. The van der Waals surface area contributed by atoms with Crippen LogP contribution in [0, 0.1) is 5.92 Å². The quantitative estimate of drug-likeness (QED) is 0.238. The summed E-state index contributed by atoms with van der Waals surface area (Å²) in [4.78, 5) is 26.3. The summed E-state index contributed by atoms with van der Waals surface area (Å²) in [5, 5.41) is 4.71. The largest absolute Gasteiger partial charge is 0.495 e. The molecule has 1 saturated heterocycles. The summed E-state index contributed by atoms with van der Waals surface area (Å²) in [7, 11) is 3.05. The standard InChI is InChI=1S/C29H26Cl2N4O4/c1-4-19(36)10-18-14-39-15-21(18)34-29-32-13-17-11-20(24-25(30)22(37-2)12-23(38-3)26(24)31)33-27(28(17)35-29)16-8-6-5-7-9-16/h4-9,11-13,18,21H,1,10,14-15H2,2-3H3,(H,32,34,35)/t18-,21+/m0/s1. The van der Waals surface area contributed by atoms with E-state index in [0.29, 0.717) is 69.6 Å². The highest BCUT2D eigenvalue weighted by Gasteiger charge is 2.30. The first-order chi connectivity index (χ1) is 18.9. The number of ether oxygens (including phenoxy) is 3. The van der Waals surface area contributed by atoms with Gasteiger partial charge in [-0.05, 0) is 12.1 Å². The molecule has 2 aromatic heterocycles. The SMILES string of the molecule is C=CC(=O)C[C@H]1COC[C@H]1Nc1ncc2cc(-c3c(Cl)c(OC)cc(OC)c3Cl)nc(-c3ccccc3)c2n1. The fourth-order valence-electron chi connectivity index (χ4n) is 4.61. The van der Waals surface area contributed by atoms with Gasteiger partial charge in [0, 0.05) is 41.1 Å². The smallest absolute Gasteiger partial charge is 0.223 e. The van der Waals surface area contributed by atoms with E-state index in [2.05, 4.69) is 16.9 Å². The first kappa shape index (κ1) is 26.9. The number of halogens is 2. The highest BCUT2D eigenvalue weighted by Crippen LogP contribution is 2.46. The number of hydrogen-bond donors (Lipinski definition) is 1. The van der Waals surface area contributed by atoms with Crippen LogP contribution in [-0.2, 0) is 9.53 Å². The molecule has 4 aromatic rings. The molecule has 5 rings (SSSR count). The van der Waals surface area contributed by atoms with Gasteiger partial charge in [-0.1, -0.05) is 60.1 Å². The second-order valence-electron chi connectivity index (χ2n) is 9.06. The predicted molar refractivity (Wildman–Crippen MR) is 153 cm³/mol. The summed E-state index contributed by atoms with van der Waals surface area (Å²) in [5.74, 6) is 1.22. The van der Waals surface area contributed by atoms with Crippen molar-refractivity contribution in [3.63, 3.8) is 0 Å². The van der Waals surface area contributed by atoms with Gasteiger partial charge in [0.25, 0.3) is 0 Å². The van der Waals surface area contributed by atoms with Crippen LogP contribution in [0.1, 0.15) is 6.42 Å². The van der Waals surface area contributed by atoms with Crippen molar-refractivity contribution in [2.24, 2.45) is 5.92 Å². The molecular weight excluding hydrogens is 539 g/mol. The molecular formula is C29H26Cl2N4O4. The van der Waals surface area contributed by atoms with E-state index in [0.717, 1.165) is 10.9 Å². The van der Waals surface area contributed by atoms with Crippen molar-refractivity contribution in [3.8, 4) is 34.0 Å². The van der Waals surface area contributed by atoms with E-state index in [-0.39, 0.29) is 17.7 Å². The summed E-state index contributed by atoms with van der Waals surface area (Å²) in [6.45, 7) is 4.51. The number of rotatable bonds is 9. The maximum absolute atomic E-state index is 11.9. The summed E-state index contributed by atoms with van der Waals surface area (Å²) >= 11 is 13.4. The number of fused-ring (bicyclic) bond motifs is 1. The number of aromatic nitrogens is 3. The Labute approximate surface area is 235 Å². The molecule has 0 aliphatic carbocycles. The molecule has 0 amide bonds. The van der Waals surface area contributed by atoms with Crippen molar-refractivity contribution < 1.29 is 19.0 Å². The first-order valence-electron chi connectivity index (χ1n) is 12.3. The van der Waals surface area contributed by atoms with E-state index < -0.39 is 0 Å². The fourth-order valence-corrected chi connectivity index (χ4v) is 5.31. The Kier molecular flexibility index (Phi) is 7.97. The molecule has 10 heteroatoms. The average molecular weight is 565 g/mol. The van der Waals surface area contributed by atoms with Crippen LogP contribution < -0.4 is 14.8 Å². The van der Waals surface area contributed by atoms with Gasteiger partial charge in [-0.2, -0.15) is 0 Å². The maximum Gasteiger partial charge on any atom is 0.223 e. The van der Waals surface area contributed by atoms with Gasteiger partial charge in [-0.15, -0.1) is 0 Å². The Morgan fingerprint density at radius 2 is 1.82 bits per heavy atom. The van der Waals surface area contributed by atoms with Gasteiger partial charge in [0.1, 0.15) is 17.0 Å². The maximum atomic E-state index is 11.9. The highest BCUT2D eigenvalue weighted by atomic mass is 35.5. The molecule has 1 fully saturated rings. The number of anilines is 1. The van der Waals surface area contributed by atoms with Gasteiger partial charge in [-0.3, -0.25) is 4.79 Å². The molecule has 1 N–H and O–H groups in total. The van der Waals surface area contributed by atoms with Crippen molar-refractivity contribution in [3.05, 3.63) is 71.4 Å². The number of pyridine rings is 1. The molecule has 0 saturated carbocycles. The van der Waals surface area contributed by atoms with Crippen molar-refractivity contribution in [2.45, 2.75) is 12.5 Å². The normalized spacial score (nSPS) is 16.7. The molecule has 3 heterocycles. The average Bonchev–Trinajstić information content (AvgIpc) is 3.39. The third-order valence-electron chi connectivity index (χ3n) is 6.65. The molecule has 8 nitrogen and oxygen atoms in total. The zero-order chi connectivity index (χ0) is 27.5. The number of carbonyl (C=O) groups is 1. The number of nitrogens with zero attached hydrogens (tertiary/aromatic N) is 3. The summed E-state index contributed by atoms with van der Waals surface area (Å²) in [6, 6.07) is 13.1. The molecule has 0 spiro atoms. The lowest BCUT2D eigenvalue weighted by molar-refractivity contribution is -0.115. The van der Waals surface area contributed by atoms with Gasteiger partial charge in [0.05, 0.1) is 54.9 Å². The van der Waals surface area contributed by atoms with Crippen LogP contribution in [0.25, 0.3) is 33.4 Å². The number of ketones is 1. The third-order valence-corrected chi connectivity index (χ3v) is 7.40. The van der Waals surface area contributed by atoms with E-state index in [1.165, 1.54) is 20.3 Å². The molecule has 200 valence electrons. The number of allylic oxidation sites excluding steroid dienone is 1. The fraction of sp³-hybridized carbons (Fsp3) is 0.241. The molecule has 2 atom stereocenters. The van der Waals surface area contributed by atoms with Gasteiger partial charge < -0.3 is 19.5 Å². The Morgan fingerprint density at radius 3 is 2.49 bits per heavy atom. The molecule has 39 heavy (non-hydrogen) atoms. The lowest BCUT2D eigenvalue weighted by atomic mass is 9.97. The van der Waals surface area contributed by atoms with Gasteiger partial charge in [0.2, 0.25) is 5.95 Å². The highest BCUT2D eigenvalue weighted by molar-refractivity contribution is 6.41. The molecule has 2 aromatic carbocycles. The zero-order valence-electron chi connectivity index (χ0n) is 21.4. The second-order valence-corrected chi connectivity index (χ2v) is 9.82. The zero-order valence-corrected chi connectivity index (χ0v) is 22.9. The number of carbonyl (C=O) groups excluding carboxylic acids is 1. The Bertz CT molecular complexity index is 1520. The second kappa shape index (κ2) is 11.6. The number of benzene rings is 2. The van der Waals surface area contributed by atoms with Gasteiger partial charge in [0.15, 0.2) is 5.78 Å². The molecule has 1 aliphatic heterocycles. The van der Waals surface area contributed by atoms with E-state index in [9.17, 15) is 4.79 Å². The van der Waals surface area contributed by atoms with Crippen LogP contribution in [0.5, 0.6) is 11.5 Å². The van der Waals surface area contributed by atoms with Crippen LogP contribution in [-0.4, -0.2) is 54.2 Å². The minimum Gasteiger partial charge on any atom is -0.495 e. The Morgan fingerprint density at radius 1 is 1.10 bits per heavy atom. The van der Waals surface area contributed by atoms with Crippen molar-refractivity contribution in [2.75, 3.05) is 32.8 Å². The van der Waals surface area contributed by atoms with Crippen molar-refractivity contribution >= 4 is 45.8 Å². The summed E-state index contributed by atoms with van der Waals surface area (Å²) in [5.41, 5.74) is 3.12. The van der Waals surface area contributed by atoms with E-state index >= 15 is 0 Å². The number of hydrogen-bond acceptors (Lipinski definition) is 8. The van der Waals surface area contributed by atoms with Crippen LogP contribution in [0.4, 0.5) is 5.95 Å². The minimum absolute atomic E-state index is 0.00350. The molecule has 0 unspecified atom stereocenters. The minimum atomic E-state index is -0.111. The van der Waals surface area contributed by atoms with E-state index in [1.807, 2.05) is 36.4 Å². The Hall–Kier alpha value is -3.72. The summed E-state index contributed by atoms with van der Waals surface area (Å²) < 4.78 is 16.5. The van der Waals surface area contributed by atoms with Crippen LogP contribution in [0.3, 0.4) is 0 Å². The topological polar surface area (TPSA) is 95.5 Å². The number of methoxy groups -OCH3 is 2. The number of nitrogens with one attached hydrogen (secondary N) is 1. The van der Waals surface area contributed by atoms with Gasteiger partial charge >= 0.3 is 0 Å². The van der Waals surface area contributed by atoms with Crippen LogP contribution in [0.2, 0.25) is 10.0 Å². The molecule has 0 radical (unpaired) electrons. The Balaban J connectivity index is 1.63. The monoisotopic (exact) mass is 564 g/mol. The van der Waals surface area contributed by atoms with Crippen LogP contribution >= 0.6 is 23.2 Å². The van der Waals surface area contributed by atoms with E-state index in [1.54, 1.807) is 12.3 Å². The first-order valence-corrected chi connectivity index (χ1v) is 13.0. The van der Waals surface area contributed by atoms with E-state index in [4.69, 9.17) is 47.4 Å². The van der Waals surface area contributed by atoms with Crippen molar-refractivity contribution in [1.29, 1.82) is 0 Å². The molecule has 0 bridgehead atoms. The predicted octanol–water partition coefficient (Wildman–Crippen LogP) is 6.25. The third kappa shape index (κ3) is 5.41. The van der Waals surface area contributed by atoms with Crippen molar-refractivity contribution in [1.82, 2.24) is 15.0 Å². The van der Waals surface area contributed by atoms with Crippen LogP contribution in [0.15, 0.2) is 61.3 Å². The summed E-state index contributed by atoms with van der Waals surface area (Å²) in [6.07, 6.45) is 3.41. The lowest BCUT2D eigenvalue weighted by Gasteiger charge is -2.19. The lowest BCUT2D eigenvalue weighted by Crippen LogP contribution is -2.30. The van der Waals surface area contributed by atoms with Gasteiger partial charge in [-0.25, -0.2) is 15.0 Å².